The van der Waals surface area contributed by atoms with Gasteiger partial charge >= 0.3 is 0 Å². The lowest BCUT2D eigenvalue weighted by Gasteiger charge is -2.30. The SMILES string of the molecule is CCC(CC)N(CCO)C(=O)CSCc1cccc(Cl)c1. The van der Waals surface area contributed by atoms with Gasteiger partial charge in [0, 0.05) is 23.4 Å². The van der Waals surface area contributed by atoms with Gasteiger partial charge in [0.1, 0.15) is 0 Å². The Hall–Kier alpha value is -0.710. The van der Waals surface area contributed by atoms with E-state index in [0.717, 1.165) is 29.2 Å². The first kappa shape index (κ1) is 18.3. The Labute approximate surface area is 136 Å². The summed E-state index contributed by atoms with van der Waals surface area (Å²) in [6, 6.07) is 7.91. The zero-order valence-electron chi connectivity index (χ0n) is 12.7. The molecule has 118 valence electrons. The number of hydrogen-bond acceptors (Lipinski definition) is 3. The summed E-state index contributed by atoms with van der Waals surface area (Å²) in [4.78, 5) is 14.1. The number of carbonyl (C=O) groups is 1. The fraction of sp³-hybridized carbons (Fsp3) is 0.562. The molecule has 0 saturated carbocycles. The molecule has 0 heterocycles. The molecule has 0 aliphatic carbocycles. The van der Waals surface area contributed by atoms with Gasteiger partial charge in [-0.25, -0.2) is 0 Å². The molecule has 0 spiro atoms. The van der Waals surface area contributed by atoms with Gasteiger partial charge in [-0.1, -0.05) is 37.6 Å². The molecule has 0 fully saturated rings. The monoisotopic (exact) mass is 329 g/mol. The van der Waals surface area contributed by atoms with Crippen molar-refractivity contribution in [1.29, 1.82) is 0 Å². The molecule has 0 aliphatic heterocycles. The zero-order chi connectivity index (χ0) is 15.7. The molecule has 1 aromatic carbocycles. The van der Waals surface area contributed by atoms with Crippen LogP contribution in [0.1, 0.15) is 32.3 Å². The molecule has 0 unspecified atom stereocenters. The van der Waals surface area contributed by atoms with E-state index in [4.69, 9.17) is 16.7 Å². The predicted octanol–water partition coefficient (Wildman–Crippen LogP) is 3.58. The van der Waals surface area contributed by atoms with Gasteiger partial charge in [0.15, 0.2) is 0 Å². The van der Waals surface area contributed by atoms with Crippen molar-refractivity contribution < 1.29 is 9.90 Å². The van der Waals surface area contributed by atoms with Gasteiger partial charge in [0.25, 0.3) is 0 Å². The first-order valence-electron chi connectivity index (χ1n) is 7.34. The Morgan fingerprint density at radius 2 is 2.10 bits per heavy atom. The third-order valence-electron chi connectivity index (χ3n) is 3.43. The van der Waals surface area contributed by atoms with Crippen LogP contribution >= 0.6 is 23.4 Å². The van der Waals surface area contributed by atoms with Gasteiger partial charge in [0.2, 0.25) is 5.91 Å². The van der Waals surface area contributed by atoms with E-state index in [-0.39, 0.29) is 18.6 Å². The third kappa shape index (κ3) is 6.29. The fourth-order valence-corrected chi connectivity index (χ4v) is 3.38. The number of amides is 1. The fourth-order valence-electron chi connectivity index (χ4n) is 2.31. The van der Waals surface area contributed by atoms with Crippen molar-refractivity contribution in [3.8, 4) is 0 Å². The lowest BCUT2D eigenvalue weighted by Crippen LogP contribution is -2.42. The third-order valence-corrected chi connectivity index (χ3v) is 4.65. The van der Waals surface area contributed by atoms with Gasteiger partial charge in [-0.05, 0) is 30.5 Å². The van der Waals surface area contributed by atoms with Crippen LogP contribution in [0.2, 0.25) is 5.02 Å². The van der Waals surface area contributed by atoms with Crippen LogP contribution in [0.5, 0.6) is 0 Å². The highest BCUT2D eigenvalue weighted by atomic mass is 35.5. The minimum atomic E-state index is 0.0151. The number of benzene rings is 1. The summed E-state index contributed by atoms with van der Waals surface area (Å²) in [6.45, 7) is 4.58. The first-order valence-corrected chi connectivity index (χ1v) is 8.88. The number of hydrogen-bond donors (Lipinski definition) is 1. The van der Waals surface area contributed by atoms with Crippen molar-refractivity contribution >= 4 is 29.3 Å². The lowest BCUT2D eigenvalue weighted by molar-refractivity contribution is -0.131. The van der Waals surface area contributed by atoms with E-state index >= 15 is 0 Å². The molecule has 1 N–H and O–H groups in total. The van der Waals surface area contributed by atoms with Gasteiger partial charge < -0.3 is 10.0 Å². The molecule has 0 saturated heterocycles. The molecule has 0 aromatic heterocycles. The second-order valence-electron chi connectivity index (χ2n) is 4.90. The molecular formula is C16H24ClNO2S. The van der Waals surface area contributed by atoms with Crippen LogP contribution < -0.4 is 0 Å². The number of thioether (sulfide) groups is 1. The van der Waals surface area contributed by atoms with Crippen molar-refractivity contribution in [1.82, 2.24) is 4.90 Å². The van der Waals surface area contributed by atoms with Crippen molar-refractivity contribution in [3.63, 3.8) is 0 Å². The Morgan fingerprint density at radius 3 is 2.67 bits per heavy atom. The Kier molecular flexibility index (Phi) is 8.81. The van der Waals surface area contributed by atoms with E-state index in [1.54, 1.807) is 11.8 Å². The van der Waals surface area contributed by atoms with Crippen LogP contribution in [0.15, 0.2) is 24.3 Å². The number of aliphatic hydroxyl groups excluding tert-OH is 1. The summed E-state index contributed by atoms with van der Waals surface area (Å²) in [6.07, 6.45) is 1.84. The average Bonchev–Trinajstić information content (AvgIpc) is 2.47. The second kappa shape index (κ2) is 10.1. The maximum atomic E-state index is 12.3. The van der Waals surface area contributed by atoms with Gasteiger partial charge in [-0.15, -0.1) is 11.8 Å². The number of carbonyl (C=O) groups excluding carboxylic acids is 1. The summed E-state index contributed by atoms with van der Waals surface area (Å²) in [5, 5.41) is 9.86. The van der Waals surface area contributed by atoms with E-state index in [9.17, 15) is 4.79 Å². The minimum Gasteiger partial charge on any atom is -0.395 e. The summed E-state index contributed by atoms with van der Waals surface area (Å²) >= 11 is 7.53. The minimum absolute atomic E-state index is 0.0151. The molecule has 0 atom stereocenters. The highest BCUT2D eigenvalue weighted by molar-refractivity contribution is 7.99. The Morgan fingerprint density at radius 1 is 1.38 bits per heavy atom. The summed E-state index contributed by atoms with van der Waals surface area (Å²) in [5.41, 5.74) is 1.12. The molecule has 3 nitrogen and oxygen atoms in total. The average molecular weight is 330 g/mol. The highest BCUT2D eigenvalue weighted by Crippen LogP contribution is 2.18. The molecule has 0 bridgehead atoms. The van der Waals surface area contributed by atoms with Crippen molar-refractivity contribution in [2.24, 2.45) is 0 Å². The van der Waals surface area contributed by atoms with E-state index in [2.05, 4.69) is 13.8 Å². The first-order chi connectivity index (χ1) is 10.1. The molecule has 1 aromatic rings. The quantitative estimate of drug-likeness (QED) is 0.752. The Balaban J connectivity index is 2.49. The predicted molar refractivity (Wildman–Crippen MR) is 90.8 cm³/mol. The molecule has 0 radical (unpaired) electrons. The number of aliphatic hydroxyl groups is 1. The van der Waals surface area contributed by atoms with E-state index in [0.29, 0.717) is 12.3 Å². The largest absolute Gasteiger partial charge is 0.395 e. The van der Waals surface area contributed by atoms with Crippen molar-refractivity contribution in [2.45, 2.75) is 38.5 Å². The molecular weight excluding hydrogens is 306 g/mol. The lowest BCUT2D eigenvalue weighted by atomic mass is 10.1. The number of nitrogens with zero attached hydrogens (tertiary/aromatic N) is 1. The molecule has 0 aliphatic rings. The van der Waals surface area contributed by atoms with Gasteiger partial charge in [-0.2, -0.15) is 0 Å². The van der Waals surface area contributed by atoms with Crippen LogP contribution in [0.4, 0.5) is 0 Å². The smallest absolute Gasteiger partial charge is 0.232 e. The zero-order valence-corrected chi connectivity index (χ0v) is 14.3. The maximum absolute atomic E-state index is 12.3. The number of halogens is 1. The van der Waals surface area contributed by atoms with Crippen LogP contribution in [0, 0.1) is 0 Å². The molecule has 1 rings (SSSR count). The van der Waals surface area contributed by atoms with Crippen molar-refractivity contribution in [2.75, 3.05) is 18.9 Å². The maximum Gasteiger partial charge on any atom is 0.232 e. The van der Waals surface area contributed by atoms with E-state index in [1.807, 2.05) is 29.2 Å². The van der Waals surface area contributed by atoms with Crippen LogP contribution in [0.25, 0.3) is 0 Å². The standard InChI is InChI=1S/C16H24ClNO2S/c1-3-15(4-2)18(8-9-19)16(20)12-21-11-13-6-5-7-14(17)10-13/h5-7,10,15,19H,3-4,8-9,11-12H2,1-2H3. The topological polar surface area (TPSA) is 40.5 Å². The van der Waals surface area contributed by atoms with Crippen molar-refractivity contribution in [3.05, 3.63) is 34.9 Å². The van der Waals surface area contributed by atoms with Gasteiger partial charge in [0.05, 0.1) is 12.4 Å². The normalized spacial score (nSPS) is 10.9. The molecule has 5 heteroatoms. The number of rotatable bonds is 9. The highest BCUT2D eigenvalue weighted by Gasteiger charge is 2.20. The van der Waals surface area contributed by atoms with Crippen LogP contribution in [-0.2, 0) is 10.5 Å². The van der Waals surface area contributed by atoms with E-state index in [1.165, 1.54) is 0 Å². The summed E-state index contributed by atoms with van der Waals surface area (Å²) in [5.74, 6) is 1.30. The Bertz CT molecular complexity index is 438. The summed E-state index contributed by atoms with van der Waals surface area (Å²) in [7, 11) is 0. The second-order valence-corrected chi connectivity index (χ2v) is 6.33. The van der Waals surface area contributed by atoms with Gasteiger partial charge in [-0.3, -0.25) is 4.79 Å². The molecule has 21 heavy (non-hydrogen) atoms. The summed E-state index contributed by atoms with van der Waals surface area (Å²) < 4.78 is 0. The van der Waals surface area contributed by atoms with E-state index < -0.39 is 0 Å². The van der Waals surface area contributed by atoms with Crippen LogP contribution in [0.3, 0.4) is 0 Å². The molecule has 1 amide bonds. The van der Waals surface area contributed by atoms with Crippen LogP contribution in [-0.4, -0.2) is 40.9 Å².